The normalized spacial score (nSPS) is 15.0. The second-order valence-corrected chi connectivity index (χ2v) is 4.44. The molecule has 0 aliphatic rings. The summed E-state index contributed by atoms with van der Waals surface area (Å²) in [5, 5.41) is 10.2. The van der Waals surface area contributed by atoms with Crippen LogP contribution in [0.5, 0.6) is 0 Å². The van der Waals surface area contributed by atoms with Crippen LogP contribution < -0.4 is 5.73 Å². The molecular formula is C12H18ClNO. The maximum atomic E-state index is 9.46. The molecule has 0 fully saturated rings. The van der Waals surface area contributed by atoms with Gasteiger partial charge in [0.05, 0.1) is 6.10 Å². The molecule has 0 saturated heterocycles. The van der Waals surface area contributed by atoms with Gasteiger partial charge in [0.1, 0.15) is 0 Å². The van der Waals surface area contributed by atoms with E-state index in [1.54, 1.807) is 0 Å². The highest BCUT2D eigenvalue weighted by molar-refractivity contribution is 6.31. The monoisotopic (exact) mass is 227 g/mol. The molecule has 1 aromatic carbocycles. The van der Waals surface area contributed by atoms with Crippen LogP contribution in [-0.2, 0) is 0 Å². The number of aryl methyl sites for hydroxylation is 1. The van der Waals surface area contributed by atoms with Gasteiger partial charge in [-0.15, -0.1) is 0 Å². The van der Waals surface area contributed by atoms with E-state index in [1.165, 1.54) is 5.56 Å². The van der Waals surface area contributed by atoms with Crippen LogP contribution in [0, 0.1) is 6.92 Å². The van der Waals surface area contributed by atoms with Crippen LogP contribution in [0.15, 0.2) is 18.2 Å². The van der Waals surface area contributed by atoms with Crippen molar-refractivity contribution in [1.82, 2.24) is 0 Å². The summed E-state index contributed by atoms with van der Waals surface area (Å²) < 4.78 is 0. The first kappa shape index (κ1) is 12.5. The average molecular weight is 228 g/mol. The van der Waals surface area contributed by atoms with Gasteiger partial charge in [0.2, 0.25) is 0 Å². The van der Waals surface area contributed by atoms with Crippen molar-refractivity contribution >= 4 is 11.6 Å². The molecule has 84 valence electrons. The molecule has 3 heteroatoms. The molecule has 0 saturated carbocycles. The minimum atomic E-state index is -0.420. The molecule has 2 unspecified atom stereocenters. The molecule has 1 rings (SSSR count). The van der Waals surface area contributed by atoms with Crippen molar-refractivity contribution in [3.63, 3.8) is 0 Å². The number of nitrogens with two attached hydrogens (primary N) is 1. The van der Waals surface area contributed by atoms with Crippen molar-refractivity contribution < 1.29 is 5.11 Å². The van der Waals surface area contributed by atoms with Gasteiger partial charge in [0.15, 0.2) is 0 Å². The van der Waals surface area contributed by atoms with Gasteiger partial charge in [0.25, 0.3) is 0 Å². The molecule has 0 bridgehead atoms. The molecule has 0 heterocycles. The number of hydrogen-bond acceptors (Lipinski definition) is 2. The lowest BCUT2D eigenvalue weighted by molar-refractivity contribution is 0.165. The largest absolute Gasteiger partial charge is 0.392 e. The third kappa shape index (κ3) is 3.49. The fourth-order valence-electron chi connectivity index (χ4n) is 1.61. The van der Waals surface area contributed by atoms with E-state index < -0.39 is 6.10 Å². The zero-order chi connectivity index (χ0) is 11.4. The third-order valence-corrected chi connectivity index (χ3v) is 3.07. The highest BCUT2D eigenvalue weighted by Gasteiger charge is 2.11. The standard InChI is InChI=1S/C12H18ClNO/c1-8(6-11(15)7-14)10-3-4-12(13)9(2)5-10/h3-5,8,11,15H,6-7,14H2,1-2H3. The van der Waals surface area contributed by atoms with E-state index in [0.29, 0.717) is 18.9 Å². The van der Waals surface area contributed by atoms with Gasteiger partial charge in [-0.25, -0.2) is 0 Å². The maximum Gasteiger partial charge on any atom is 0.0668 e. The molecule has 0 aliphatic heterocycles. The quantitative estimate of drug-likeness (QED) is 0.830. The van der Waals surface area contributed by atoms with Crippen LogP contribution in [0.25, 0.3) is 0 Å². The van der Waals surface area contributed by atoms with Gasteiger partial charge in [-0.05, 0) is 36.5 Å². The summed E-state index contributed by atoms with van der Waals surface area (Å²) in [4.78, 5) is 0. The zero-order valence-electron chi connectivity index (χ0n) is 9.20. The Morgan fingerprint density at radius 1 is 1.47 bits per heavy atom. The molecule has 3 N–H and O–H groups in total. The summed E-state index contributed by atoms with van der Waals surface area (Å²) in [6.07, 6.45) is 0.272. The molecule has 2 nitrogen and oxygen atoms in total. The summed E-state index contributed by atoms with van der Waals surface area (Å²) in [7, 11) is 0. The van der Waals surface area contributed by atoms with Gasteiger partial charge in [-0.3, -0.25) is 0 Å². The molecule has 0 radical (unpaired) electrons. The van der Waals surface area contributed by atoms with E-state index in [1.807, 2.05) is 19.1 Å². The number of rotatable bonds is 4. The highest BCUT2D eigenvalue weighted by Crippen LogP contribution is 2.24. The van der Waals surface area contributed by atoms with Crippen LogP contribution in [0.2, 0.25) is 5.02 Å². The van der Waals surface area contributed by atoms with Gasteiger partial charge in [-0.1, -0.05) is 30.7 Å². The minimum absolute atomic E-state index is 0.305. The van der Waals surface area contributed by atoms with Crippen molar-refractivity contribution in [3.05, 3.63) is 34.3 Å². The average Bonchev–Trinajstić information content (AvgIpc) is 2.21. The van der Waals surface area contributed by atoms with Crippen molar-refractivity contribution in [2.45, 2.75) is 32.3 Å². The summed E-state index contributed by atoms with van der Waals surface area (Å²) in [6.45, 7) is 4.39. The molecule has 1 aromatic rings. The van der Waals surface area contributed by atoms with E-state index >= 15 is 0 Å². The van der Waals surface area contributed by atoms with Crippen LogP contribution in [0.3, 0.4) is 0 Å². The lowest BCUT2D eigenvalue weighted by Gasteiger charge is -2.16. The van der Waals surface area contributed by atoms with Crippen LogP contribution in [0.4, 0.5) is 0 Å². The van der Waals surface area contributed by atoms with E-state index in [4.69, 9.17) is 17.3 Å². The highest BCUT2D eigenvalue weighted by atomic mass is 35.5. The predicted molar refractivity (Wildman–Crippen MR) is 64.3 cm³/mol. The zero-order valence-corrected chi connectivity index (χ0v) is 9.96. The Labute approximate surface area is 96.1 Å². The van der Waals surface area contributed by atoms with Crippen molar-refractivity contribution in [2.75, 3.05) is 6.54 Å². The fraction of sp³-hybridized carbons (Fsp3) is 0.500. The second kappa shape index (κ2) is 5.50. The lowest BCUT2D eigenvalue weighted by Crippen LogP contribution is -2.21. The smallest absolute Gasteiger partial charge is 0.0668 e. The number of aliphatic hydroxyl groups is 1. The minimum Gasteiger partial charge on any atom is -0.392 e. The summed E-state index contributed by atoms with van der Waals surface area (Å²) in [6, 6.07) is 5.97. The summed E-state index contributed by atoms with van der Waals surface area (Å²) in [5.74, 6) is 0.305. The molecule has 0 spiro atoms. The molecule has 2 atom stereocenters. The lowest BCUT2D eigenvalue weighted by atomic mass is 9.94. The maximum absolute atomic E-state index is 9.46. The first-order valence-corrected chi connectivity index (χ1v) is 5.56. The fourth-order valence-corrected chi connectivity index (χ4v) is 1.73. The Morgan fingerprint density at radius 2 is 2.13 bits per heavy atom. The molecule has 15 heavy (non-hydrogen) atoms. The van der Waals surface area contributed by atoms with Crippen LogP contribution >= 0.6 is 11.6 Å². The molecule has 0 aromatic heterocycles. The Morgan fingerprint density at radius 3 is 2.67 bits per heavy atom. The summed E-state index contributed by atoms with van der Waals surface area (Å²) in [5.41, 5.74) is 7.65. The van der Waals surface area contributed by atoms with Gasteiger partial charge in [0, 0.05) is 11.6 Å². The Kier molecular flexibility index (Phi) is 4.58. The van der Waals surface area contributed by atoms with E-state index in [-0.39, 0.29) is 0 Å². The van der Waals surface area contributed by atoms with E-state index in [2.05, 4.69) is 13.0 Å². The van der Waals surface area contributed by atoms with Gasteiger partial charge < -0.3 is 10.8 Å². The third-order valence-electron chi connectivity index (χ3n) is 2.65. The van der Waals surface area contributed by atoms with E-state index in [0.717, 1.165) is 10.6 Å². The first-order chi connectivity index (χ1) is 7.04. The molecule has 0 amide bonds. The van der Waals surface area contributed by atoms with Crippen LogP contribution in [-0.4, -0.2) is 17.8 Å². The first-order valence-electron chi connectivity index (χ1n) is 5.18. The summed E-state index contributed by atoms with van der Waals surface area (Å²) >= 11 is 5.95. The second-order valence-electron chi connectivity index (χ2n) is 4.03. The van der Waals surface area contributed by atoms with E-state index in [9.17, 15) is 5.11 Å². The number of hydrogen-bond donors (Lipinski definition) is 2. The Bertz CT molecular complexity index is 327. The number of aliphatic hydroxyl groups excluding tert-OH is 1. The van der Waals surface area contributed by atoms with Gasteiger partial charge in [-0.2, -0.15) is 0 Å². The number of halogens is 1. The number of benzene rings is 1. The molecule has 0 aliphatic carbocycles. The van der Waals surface area contributed by atoms with Crippen molar-refractivity contribution in [3.8, 4) is 0 Å². The Balaban J connectivity index is 2.73. The van der Waals surface area contributed by atoms with Crippen LogP contribution in [0.1, 0.15) is 30.4 Å². The van der Waals surface area contributed by atoms with Crippen molar-refractivity contribution in [1.29, 1.82) is 0 Å². The molecular weight excluding hydrogens is 210 g/mol. The topological polar surface area (TPSA) is 46.2 Å². The van der Waals surface area contributed by atoms with Gasteiger partial charge >= 0.3 is 0 Å². The van der Waals surface area contributed by atoms with Crippen molar-refractivity contribution in [2.24, 2.45) is 5.73 Å². The predicted octanol–water partition coefficient (Wildman–Crippen LogP) is 2.46. The SMILES string of the molecule is Cc1cc(C(C)CC(O)CN)ccc1Cl. The Hall–Kier alpha value is -0.570.